The molecule has 0 radical (unpaired) electrons. The fourth-order valence-electron chi connectivity index (χ4n) is 4.56. The number of anilines is 3. The van der Waals surface area contributed by atoms with Crippen LogP contribution in [-0.4, -0.2) is 120 Å². The number of hydrogen-bond acceptors (Lipinski definition) is 12. The van der Waals surface area contributed by atoms with E-state index in [2.05, 4.69) is 30.3 Å². The molecule has 1 saturated heterocycles. The monoisotopic (exact) mass is 599 g/mol. The van der Waals surface area contributed by atoms with Gasteiger partial charge in [-0.1, -0.05) is 0 Å². The molecule has 1 amide bonds. The van der Waals surface area contributed by atoms with Gasteiger partial charge >= 0.3 is 0 Å². The molecule has 230 valence electrons. The van der Waals surface area contributed by atoms with Crippen molar-refractivity contribution in [3.8, 4) is 17.3 Å². The Labute approximate surface area is 247 Å². The van der Waals surface area contributed by atoms with Gasteiger partial charge in [-0.25, -0.2) is 8.78 Å². The van der Waals surface area contributed by atoms with Crippen LogP contribution in [0, 0.1) is 11.6 Å². The summed E-state index contributed by atoms with van der Waals surface area (Å²) in [6, 6.07) is 5.61. The number of nitrogens with one attached hydrogen (secondary N) is 1. The number of likely N-dealkylation sites (N-methyl/N-ethyl adjacent to an activating group) is 2. The van der Waals surface area contributed by atoms with E-state index in [1.165, 1.54) is 16.8 Å². The fourth-order valence-corrected chi connectivity index (χ4v) is 4.56. The topological polar surface area (TPSA) is 146 Å². The summed E-state index contributed by atoms with van der Waals surface area (Å²) >= 11 is 0. The van der Waals surface area contributed by atoms with Crippen LogP contribution in [0.4, 0.5) is 26.4 Å². The van der Waals surface area contributed by atoms with Crippen molar-refractivity contribution in [2.24, 2.45) is 0 Å². The number of ether oxygens (including phenoxy) is 1. The Morgan fingerprint density at radius 1 is 1.09 bits per heavy atom. The maximum absolute atomic E-state index is 14.7. The molecule has 16 heteroatoms. The van der Waals surface area contributed by atoms with Gasteiger partial charge in [-0.3, -0.25) is 9.69 Å². The lowest BCUT2D eigenvalue weighted by Crippen LogP contribution is -2.48. The first-order valence-corrected chi connectivity index (χ1v) is 13.8. The third-order valence-corrected chi connectivity index (χ3v) is 7.01. The van der Waals surface area contributed by atoms with Gasteiger partial charge in [0.2, 0.25) is 17.7 Å². The van der Waals surface area contributed by atoms with Crippen LogP contribution in [0.2, 0.25) is 0 Å². The van der Waals surface area contributed by atoms with E-state index < -0.39 is 11.6 Å². The van der Waals surface area contributed by atoms with Crippen LogP contribution in [0.15, 0.2) is 34.9 Å². The lowest BCUT2D eigenvalue weighted by atomic mass is 10.2. The van der Waals surface area contributed by atoms with E-state index in [-0.39, 0.29) is 29.9 Å². The average Bonchev–Trinajstić information content (AvgIpc) is 3.66. The summed E-state index contributed by atoms with van der Waals surface area (Å²) < 4.78 is 41.2. The Morgan fingerprint density at radius 3 is 2.60 bits per heavy atom. The van der Waals surface area contributed by atoms with Crippen LogP contribution < -0.4 is 25.6 Å². The van der Waals surface area contributed by atoms with Crippen molar-refractivity contribution < 1.29 is 22.7 Å². The van der Waals surface area contributed by atoms with E-state index in [0.717, 1.165) is 6.07 Å². The lowest BCUT2D eigenvalue weighted by Gasteiger charge is -2.37. The largest absolute Gasteiger partial charge is 0.481 e. The molecular weight excluding hydrogens is 564 g/mol. The molecule has 0 spiro atoms. The number of nitrogens with two attached hydrogens (primary N) is 1. The van der Waals surface area contributed by atoms with Gasteiger partial charge < -0.3 is 34.9 Å². The number of nitrogen functional groups attached to an aromatic ring is 1. The molecule has 3 aromatic heterocycles. The van der Waals surface area contributed by atoms with E-state index in [0.29, 0.717) is 75.7 Å². The number of carbonyl (C=O) groups is 1. The van der Waals surface area contributed by atoms with Crippen LogP contribution in [0.25, 0.3) is 17.4 Å². The molecule has 4 aromatic rings. The number of amides is 1. The predicted octanol–water partition coefficient (Wildman–Crippen LogP) is 0.955. The minimum Gasteiger partial charge on any atom is -0.481 e. The maximum Gasteiger partial charge on any atom is 0.259 e. The van der Waals surface area contributed by atoms with E-state index in [1.54, 1.807) is 12.1 Å². The molecule has 14 nitrogen and oxygen atoms in total. The molecule has 0 bridgehead atoms. The van der Waals surface area contributed by atoms with Crippen LogP contribution >= 0.6 is 0 Å². The average molecular weight is 600 g/mol. The SMILES string of the molecule is CN(C)CCNC(=O)COc1cc(N2CCN(CCN(C)c3nc(N)n4nc(-c5ccco5)nc4n3)CC2)c(F)cc1F. The molecule has 43 heavy (non-hydrogen) atoms. The third-order valence-electron chi connectivity index (χ3n) is 7.01. The summed E-state index contributed by atoms with van der Waals surface area (Å²) in [5.41, 5.74) is 6.35. The highest BCUT2D eigenvalue weighted by Gasteiger charge is 2.23. The van der Waals surface area contributed by atoms with Crippen molar-refractivity contribution >= 4 is 29.3 Å². The first kappa shape index (κ1) is 29.9. The van der Waals surface area contributed by atoms with E-state index >= 15 is 0 Å². The van der Waals surface area contributed by atoms with Gasteiger partial charge in [-0.15, -0.1) is 5.10 Å². The number of fused-ring (bicyclic) bond motifs is 1. The molecular formula is C27H35F2N11O3. The van der Waals surface area contributed by atoms with Gasteiger partial charge in [0.15, 0.2) is 23.9 Å². The molecule has 0 unspecified atom stereocenters. The number of piperazine rings is 1. The summed E-state index contributed by atoms with van der Waals surface area (Å²) in [4.78, 5) is 33.2. The standard InChI is InChI=1S/C27H35F2N11O3/c1-36(2)7-6-31-23(41)17-43-22-16-20(18(28)15-19(22)29)39-12-10-38(11-13-39)9-8-37(3)26-33-25(30)40-27(34-26)32-24(35-40)21-5-4-14-42-21/h4-5,14-16H,6-13,17H2,1-3H3,(H,31,41)(H2,30,32,33,34,35). The highest BCUT2D eigenvalue weighted by molar-refractivity contribution is 5.77. The van der Waals surface area contributed by atoms with E-state index in [1.807, 2.05) is 35.8 Å². The maximum atomic E-state index is 14.7. The molecule has 1 aromatic carbocycles. The summed E-state index contributed by atoms with van der Waals surface area (Å²) in [7, 11) is 5.65. The molecule has 3 N–H and O–H groups in total. The van der Waals surface area contributed by atoms with Crippen molar-refractivity contribution in [3.05, 3.63) is 42.2 Å². The van der Waals surface area contributed by atoms with Gasteiger partial charge in [-0.2, -0.15) is 19.5 Å². The Balaban J connectivity index is 1.13. The summed E-state index contributed by atoms with van der Waals surface area (Å²) in [5.74, 6) is -0.334. The highest BCUT2D eigenvalue weighted by Crippen LogP contribution is 2.29. The number of aromatic nitrogens is 5. The Bertz CT molecular complexity index is 1540. The summed E-state index contributed by atoms with van der Waals surface area (Å²) in [6.07, 6.45) is 1.54. The van der Waals surface area contributed by atoms with Gasteiger partial charge in [0.05, 0.1) is 12.0 Å². The summed E-state index contributed by atoms with van der Waals surface area (Å²) in [6.45, 7) is 4.43. The second kappa shape index (κ2) is 13.2. The van der Waals surface area contributed by atoms with Gasteiger partial charge in [-0.05, 0) is 26.2 Å². The molecule has 4 heterocycles. The van der Waals surface area contributed by atoms with E-state index in [4.69, 9.17) is 14.9 Å². The number of nitrogens with zero attached hydrogens (tertiary/aromatic N) is 9. The molecule has 1 aliphatic rings. The van der Waals surface area contributed by atoms with Crippen molar-refractivity contribution in [1.82, 2.24) is 39.7 Å². The Hall–Kier alpha value is -4.57. The van der Waals surface area contributed by atoms with Crippen molar-refractivity contribution in [2.75, 3.05) is 95.6 Å². The Kier molecular flexibility index (Phi) is 9.16. The Morgan fingerprint density at radius 2 is 1.88 bits per heavy atom. The number of hydrogen-bond donors (Lipinski definition) is 2. The number of benzene rings is 1. The first-order valence-electron chi connectivity index (χ1n) is 13.8. The van der Waals surface area contributed by atoms with Gasteiger partial charge in [0, 0.05) is 71.5 Å². The van der Waals surface area contributed by atoms with Gasteiger partial charge in [0.1, 0.15) is 5.82 Å². The van der Waals surface area contributed by atoms with Crippen LogP contribution in [0.5, 0.6) is 5.75 Å². The lowest BCUT2D eigenvalue weighted by molar-refractivity contribution is -0.123. The number of rotatable bonds is 12. The van der Waals surface area contributed by atoms with Crippen molar-refractivity contribution in [3.63, 3.8) is 0 Å². The molecule has 1 aliphatic heterocycles. The van der Waals surface area contributed by atoms with Crippen LogP contribution in [0.3, 0.4) is 0 Å². The molecule has 0 aliphatic carbocycles. The number of carbonyl (C=O) groups excluding carboxylic acids is 1. The number of furan rings is 1. The minimum absolute atomic E-state index is 0.153. The second-order valence-corrected chi connectivity index (χ2v) is 10.4. The smallest absolute Gasteiger partial charge is 0.259 e. The fraction of sp³-hybridized carbons (Fsp3) is 0.444. The second-order valence-electron chi connectivity index (χ2n) is 10.4. The minimum atomic E-state index is -0.853. The zero-order valence-electron chi connectivity index (χ0n) is 24.3. The third kappa shape index (κ3) is 7.26. The first-order chi connectivity index (χ1) is 20.7. The summed E-state index contributed by atoms with van der Waals surface area (Å²) in [5, 5.41) is 7.01. The van der Waals surface area contributed by atoms with Crippen LogP contribution in [-0.2, 0) is 4.79 Å². The molecule has 1 fully saturated rings. The molecule has 0 saturated carbocycles. The van der Waals surface area contributed by atoms with Crippen molar-refractivity contribution in [1.29, 1.82) is 0 Å². The van der Waals surface area contributed by atoms with Gasteiger partial charge in [0.25, 0.3) is 11.7 Å². The van der Waals surface area contributed by atoms with E-state index in [9.17, 15) is 13.6 Å². The predicted molar refractivity (Wildman–Crippen MR) is 156 cm³/mol. The van der Waals surface area contributed by atoms with Crippen molar-refractivity contribution in [2.45, 2.75) is 0 Å². The zero-order valence-corrected chi connectivity index (χ0v) is 24.3. The molecule has 0 atom stereocenters. The normalized spacial score (nSPS) is 14.0. The quantitative estimate of drug-likeness (QED) is 0.239. The molecule has 5 rings (SSSR count). The number of halogens is 2. The van der Waals surface area contributed by atoms with Crippen LogP contribution in [0.1, 0.15) is 0 Å². The highest BCUT2D eigenvalue weighted by atomic mass is 19.1. The zero-order chi connectivity index (χ0) is 30.5.